The van der Waals surface area contributed by atoms with E-state index in [9.17, 15) is 0 Å². The molecule has 6 nitrogen and oxygen atoms in total. The summed E-state index contributed by atoms with van der Waals surface area (Å²) in [5, 5.41) is 15.8. The number of hydrogen-bond donors (Lipinski definition) is 2. The van der Waals surface area contributed by atoms with Gasteiger partial charge in [0, 0.05) is 50.6 Å². The maximum Gasteiger partial charge on any atom is 0.124 e. The van der Waals surface area contributed by atoms with Gasteiger partial charge in [0.25, 0.3) is 0 Å². The van der Waals surface area contributed by atoms with Crippen LogP contribution in [0.1, 0.15) is 11.3 Å². The third-order valence-electron chi connectivity index (χ3n) is 4.37. The molecule has 1 aliphatic rings. The first-order valence-electron chi connectivity index (χ1n) is 8.36. The van der Waals surface area contributed by atoms with E-state index in [0.717, 1.165) is 43.4 Å². The van der Waals surface area contributed by atoms with Gasteiger partial charge in [-0.15, -0.1) is 0 Å². The minimum Gasteiger partial charge on any atom is -0.370 e. The lowest BCUT2D eigenvalue weighted by molar-refractivity contribution is 0.390. The summed E-state index contributed by atoms with van der Waals surface area (Å²) in [6.07, 6.45) is 3.74. The number of rotatable bonds is 5. The second-order valence-corrected chi connectivity index (χ2v) is 6.35. The van der Waals surface area contributed by atoms with Gasteiger partial charge in [-0.2, -0.15) is 10.2 Å². The Morgan fingerprint density at radius 3 is 2.96 bits per heavy atom. The number of fused-ring (bicyclic) bond motifs is 1. The van der Waals surface area contributed by atoms with E-state index < -0.39 is 0 Å². The molecule has 0 spiro atoms. The summed E-state index contributed by atoms with van der Waals surface area (Å²) < 4.78 is 3.94. The largest absolute Gasteiger partial charge is 0.370 e. The highest BCUT2D eigenvalue weighted by molar-refractivity contribution is 5.38. The Morgan fingerprint density at radius 2 is 2.17 bits per heavy atom. The van der Waals surface area contributed by atoms with Crippen LogP contribution in [0.15, 0.2) is 48.8 Å². The molecule has 124 valence electrons. The third kappa shape index (κ3) is 3.19. The first-order valence-corrected chi connectivity index (χ1v) is 8.36. The molecule has 0 radical (unpaired) electrons. The molecule has 2 aromatic heterocycles. The molecule has 2 N–H and O–H groups in total. The fourth-order valence-corrected chi connectivity index (χ4v) is 3.13. The van der Waals surface area contributed by atoms with Gasteiger partial charge in [-0.3, -0.25) is 0 Å². The average Bonchev–Trinajstić information content (AvgIpc) is 3.24. The standard InChI is InChI=1S/C18H22N6/c1-14-9-18-20-12-16(13-24(18)22-14)11-19-10-15-3-5-17(6-4-15)23-8-2-7-21-23/h2-9,16,19-20H,10-13H2,1H3. The molecule has 3 aromatic rings. The second kappa shape index (κ2) is 6.49. The van der Waals surface area contributed by atoms with Gasteiger partial charge in [0.15, 0.2) is 0 Å². The molecule has 0 bridgehead atoms. The Balaban J connectivity index is 1.28. The predicted octanol–water partition coefficient (Wildman–Crippen LogP) is 2.21. The lowest BCUT2D eigenvalue weighted by atomic mass is 10.1. The smallest absolute Gasteiger partial charge is 0.124 e. The maximum absolute atomic E-state index is 4.52. The van der Waals surface area contributed by atoms with Crippen LogP contribution in [0.25, 0.3) is 5.69 Å². The lowest BCUT2D eigenvalue weighted by Gasteiger charge is -2.25. The summed E-state index contributed by atoms with van der Waals surface area (Å²) in [5.41, 5.74) is 3.44. The quantitative estimate of drug-likeness (QED) is 0.756. The normalized spacial score (nSPS) is 16.6. The van der Waals surface area contributed by atoms with Crippen molar-refractivity contribution in [3.63, 3.8) is 0 Å². The molecule has 1 aliphatic heterocycles. The molecule has 3 heterocycles. The van der Waals surface area contributed by atoms with Gasteiger partial charge in [0.2, 0.25) is 0 Å². The van der Waals surface area contributed by atoms with Crippen LogP contribution in [0.4, 0.5) is 5.82 Å². The van der Waals surface area contributed by atoms with Crippen molar-refractivity contribution < 1.29 is 0 Å². The predicted molar refractivity (Wildman–Crippen MR) is 94.2 cm³/mol. The van der Waals surface area contributed by atoms with Gasteiger partial charge in [-0.25, -0.2) is 9.36 Å². The summed E-state index contributed by atoms with van der Waals surface area (Å²) in [6, 6.07) is 12.5. The number of aromatic nitrogens is 4. The van der Waals surface area contributed by atoms with Crippen molar-refractivity contribution in [2.45, 2.75) is 20.0 Å². The highest BCUT2D eigenvalue weighted by atomic mass is 15.3. The van der Waals surface area contributed by atoms with E-state index >= 15 is 0 Å². The minimum atomic E-state index is 0.556. The number of benzene rings is 1. The molecule has 1 unspecified atom stereocenters. The SMILES string of the molecule is Cc1cc2n(n1)CC(CNCc1ccc(-n3cccn3)cc1)CN2. The van der Waals surface area contributed by atoms with E-state index in [-0.39, 0.29) is 0 Å². The fraction of sp³-hybridized carbons (Fsp3) is 0.333. The summed E-state index contributed by atoms with van der Waals surface area (Å²) in [6.45, 7) is 5.86. The topological polar surface area (TPSA) is 59.7 Å². The first-order chi connectivity index (χ1) is 11.8. The second-order valence-electron chi connectivity index (χ2n) is 6.35. The highest BCUT2D eigenvalue weighted by Gasteiger charge is 2.18. The van der Waals surface area contributed by atoms with Crippen molar-refractivity contribution in [3.8, 4) is 5.69 Å². The summed E-state index contributed by atoms with van der Waals surface area (Å²) in [5.74, 6) is 1.69. The van der Waals surface area contributed by atoms with Crippen LogP contribution in [-0.2, 0) is 13.1 Å². The molecular formula is C18H22N6. The van der Waals surface area contributed by atoms with E-state index in [1.807, 2.05) is 23.9 Å². The van der Waals surface area contributed by atoms with Gasteiger partial charge in [-0.05, 0) is 30.7 Å². The Morgan fingerprint density at radius 1 is 1.29 bits per heavy atom. The van der Waals surface area contributed by atoms with E-state index in [0.29, 0.717) is 5.92 Å². The molecule has 6 heteroatoms. The van der Waals surface area contributed by atoms with Crippen molar-refractivity contribution in [2.75, 3.05) is 18.4 Å². The lowest BCUT2D eigenvalue weighted by Crippen LogP contribution is -2.35. The van der Waals surface area contributed by atoms with Crippen LogP contribution in [0.2, 0.25) is 0 Å². The van der Waals surface area contributed by atoms with E-state index in [4.69, 9.17) is 0 Å². The number of nitrogens with one attached hydrogen (secondary N) is 2. The first kappa shape index (κ1) is 15.0. The molecule has 24 heavy (non-hydrogen) atoms. The molecule has 0 saturated heterocycles. The van der Waals surface area contributed by atoms with Crippen LogP contribution in [0.3, 0.4) is 0 Å². The molecule has 1 aromatic carbocycles. The van der Waals surface area contributed by atoms with Crippen LogP contribution >= 0.6 is 0 Å². The van der Waals surface area contributed by atoms with E-state index in [2.05, 4.69) is 55.8 Å². The van der Waals surface area contributed by atoms with Gasteiger partial charge in [0.05, 0.1) is 11.4 Å². The van der Waals surface area contributed by atoms with Crippen LogP contribution in [0.5, 0.6) is 0 Å². The molecule has 1 atom stereocenters. The maximum atomic E-state index is 4.52. The zero-order valence-electron chi connectivity index (χ0n) is 13.8. The van der Waals surface area contributed by atoms with Gasteiger partial charge >= 0.3 is 0 Å². The van der Waals surface area contributed by atoms with Crippen LogP contribution < -0.4 is 10.6 Å². The van der Waals surface area contributed by atoms with Gasteiger partial charge in [0.1, 0.15) is 5.82 Å². The van der Waals surface area contributed by atoms with Gasteiger partial charge < -0.3 is 10.6 Å². The number of anilines is 1. The Labute approximate surface area is 141 Å². The summed E-state index contributed by atoms with van der Waals surface area (Å²) >= 11 is 0. The van der Waals surface area contributed by atoms with E-state index in [1.165, 1.54) is 5.56 Å². The number of hydrogen-bond acceptors (Lipinski definition) is 4. The van der Waals surface area contributed by atoms with Crippen LogP contribution in [-0.4, -0.2) is 32.7 Å². The monoisotopic (exact) mass is 322 g/mol. The number of aryl methyl sites for hydroxylation is 1. The van der Waals surface area contributed by atoms with Crippen molar-refractivity contribution in [2.24, 2.45) is 5.92 Å². The molecule has 0 amide bonds. The zero-order valence-corrected chi connectivity index (χ0v) is 13.8. The Bertz CT molecular complexity index is 788. The highest BCUT2D eigenvalue weighted by Crippen LogP contribution is 2.18. The van der Waals surface area contributed by atoms with Gasteiger partial charge in [-0.1, -0.05) is 12.1 Å². The minimum absolute atomic E-state index is 0.556. The zero-order chi connectivity index (χ0) is 16.4. The van der Waals surface area contributed by atoms with Crippen molar-refractivity contribution in [1.29, 1.82) is 0 Å². The van der Waals surface area contributed by atoms with Crippen molar-refractivity contribution in [3.05, 3.63) is 60.0 Å². The molecule has 0 aliphatic carbocycles. The van der Waals surface area contributed by atoms with E-state index in [1.54, 1.807) is 6.20 Å². The fourth-order valence-electron chi connectivity index (χ4n) is 3.13. The van der Waals surface area contributed by atoms with Crippen molar-refractivity contribution in [1.82, 2.24) is 24.9 Å². The molecule has 4 rings (SSSR count). The summed E-state index contributed by atoms with van der Waals surface area (Å²) in [7, 11) is 0. The number of nitrogens with zero attached hydrogens (tertiary/aromatic N) is 4. The summed E-state index contributed by atoms with van der Waals surface area (Å²) in [4.78, 5) is 0. The van der Waals surface area contributed by atoms with Crippen molar-refractivity contribution >= 4 is 5.82 Å². The molecule has 0 fully saturated rings. The average molecular weight is 322 g/mol. The molecule has 0 saturated carbocycles. The molecular weight excluding hydrogens is 300 g/mol. The Hall–Kier alpha value is -2.60. The third-order valence-corrected chi connectivity index (χ3v) is 4.37. The Kier molecular flexibility index (Phi) is 4.04. The van der Waals surface area contributed by atoms with Crippen LogP contribution in [0, 0.1) is 12.8 Å².